The van der Waals surface area contributed by atoms with Gasteiger partial charge in [0.05, 0.1) is 23.1 Å². The van der Waals surface area contributed by atoms with Crippen LogP contribution in [-0.4, -0.2) is 44.2 Å². The van der Waals surface area contributed by atoms with Crippen molar-refractivity contribution in [2.75, 3.05) is 24.7 Å². The number of hydrogen-bond acceptors (Lipinski definition) is 9. The molecule has 0 amide bonds. The van der Waals surface area contributed by atoms with Crippen LogP contribution >= 0.6 is 0 Å². The van der Waals surface area contributed by atoms with Gasteiger partial charge in [0.25, 0.3) is 11.4 Å². The summed E-state index contributed by atoms with van der Waals surface area (Å²) < 4.78 is 7.41. The molecule has 0 unspecified atom stereocenters. The molecule has 1 aliphatic carbocycles. The lowest BCUT2D eigenvalue weighted by atomic mass is 10.1. The summed E-state index contributed by atoms with van der Waals surface area (Å²) in [5, 5.41) is 3.78. The highest BCUT2D eigenvalue weighted by molar-refractivity contribution is 5.83. The van der Waals surface area contributed by atoms with Crippen molar-refractivity contribution in [3.05, 3.63) is 28.3 Å². The second-order valence-electron chi connectivity index (χ2n) is 8.03. The Morgan fingerprint density at radius 1 is 1.28 bits per heavy atom. The molecule has 0 radical (unpaired) electrons. The summed E-state index contributed by atoms with van der Waals surface area (Å²) in [5.41, 5.74) is 13.8. The van der Waals surface area contributed by atoms with Crippen LogP contribution in [0.25, 0.3) is 22.3 Å². The zero-order chi connectivity index (χ0) is 22.1. The molecule has 0 aromatic carbocycles. The third-order valence-electron chi connectivity index (χ3n) is 5.52. The van der Waals surface area contributed by atoms with E-state index in [4.69, 9.17) is 16.2 Å². The van der Waals surface area contributed by atoms with Gasteiger partial charge < -0.3 is 21.5 Å². The van der Waals surface area contributed by atoms with E-state index in [2.05, 4.69) is 25.3 Å². The molecule has 10 heteroatoms. The summed E-state index contributed by atoms with van der Waals surface area (Å²) in [7, 11) is 1.76. The fourth-order valence-electron chi connectivity index (χ4n) is 3.98. The van der Waals surface area contributed by atoms with Gasteiger partial charge in [0.1, 0.15) is 12.3 Å². The summed E-state index contributed by atoms with van der Waals surface area (Å²) in [6.45, 7) is 3.97. The lowest BCUT2D eigenvalue weighted by Crippen LogP contribution is -2.27. The van der Waals surface area contributed by atoms with E-state index in [0.29, 0.717) is 22.9 Å². The van der Waals surface area contributed by atoms with E-state index in [1.807, 2.05) is 13.8 Å². The van der Waals surface area contributed by atoms with Crippen LogP contribution in [0.4, 0.5) is 11.8 Å². The summed E-state index contributed by atoms with van der Waals surface area (Å²) in [6, 6.07) is 1.68. The quantitative estimate of drug-likeness (QED) is 0.526. The maximum absolute atomic E-state index is 13.7. The van der Waals surface area contributed by atoms with Gasteiger partial charge in [-0.05, 0) is 32.8 Å². The maximum atomic E-state index is 13.7. The monoisotopic (exact) mass is 440 g/mol. The van der Waals surface area contributed by atoms with Crippen LogP contribution in [0.2, 0.25) is 0 Å². The van der Waals surface area contributed by atoms with E-state index in [9.17, 15) is 4.79 Å². The number of aryl methyl sites for hydroxylation is 1. The second-order valence-corrected chi connectivity index (χ2v) is 8.03. The molecular weight excluding hydrogens is 408 g/mol. The molecule has 4 rings (SSSR count). The molecular formula is C22H32N8O2. The number of nitrogens with one attached hydrogen (secondary N) is 1. The standard InChI is InChI=1S/C21H28N8O2.CH4/c1-11(22)10-31-19-17(23)25-9-16(27-19)15-8-14-12(2)26-21(24-3)28-18(14)29(20(15)30)13-6-4-5-7-13;/h8-9,11,13H,4-7,10,22H2,1-3H3,(H2,23,25)(H,24,26,28);1H4/t11-;/m0./s1. The minimum absolute atomic E-state index is 0. The predicted molar refractivity (Wildman–Crippen MR) is 127 cm³/mol. The summed E-state index contributed by atoms with van der Waals surface area (Å²) in [4.78, 5) is 31.5. The van der Waals surface area contributed by atoms with Gasteiger partial charge in [0, 0.05) is 24.5 Å². The fraction of sp³-hybridized carbons (Fsp3) is 0.500. The van der Waals surface area contributed by atoms with Gasteiger partial charge in [-0.3, -0.25) is 9.36 Å². The number of pyridine rings is 1. The van der Waals surface area contributed by atoms with E-state index in [1.54, 1.807) is 17.7 Å². The molecule has 1 aliphatic rings. The normalized spacial score (nSPS) is 14.9. The van der Waals surface area contributed by atoms with E-state index in [0.717, 1.165) is 36.8 Å². The van der Waals surface area contributed by atoms with E-state index in [1.165, 1.54) is 6.20 Å². The largest absolute Gasteiger partial charge is 0.473 e. The van der Waals surface area contributed by atoms with Crippen molar-refractivity contribution in [1.82, 2.24) is 24.5 Å². The Labute approximate surface area is 187 Å². The first-order chi connectivity index (χ1) is 14.9. The summed E-state index contributed by atoms with van der Waals surface area (Å²) >= 11 is 0. The molecule has 3 aromatic rings. The highest BCUT2D eigenvalue weighted by Crippen LogP contribution is 2.32. The van der Waals surface area contributed by atoms with Crippen molar-refractivity contribution in [1.29, 1.82) is 0 Å². The van der Waals surface area contributed by atoms with E-state index in [-0.39, 0.29) is 43.4 Å². The minimum Gasteiger partial charge on any atom is -0.473 e. The summed E-state index contributed by atoms with van der Waals surface area (Å²) in [5.74, 6) is 0.808. The van der Waals surface area contributed by atoms with E-state index < -0.39 is 0 Å². The van der Waals surface area contributed by atoms with Gasteiger partial charge in [0.15, 0.2) is 5.82 Å². The molecule has 172 valence electrons. The number of ether oxygens (including phenoxy) is 1. The smallest absolute Gasteiger partial charge is 0.261 e. The van der Waals surface area contributed by atoms with Crippen molar-refractivity contribution in [3.8, 4) is 17.1 Å². The fourth-order valence-corrected chi connectivity index (χ4v) is 3.98. The van der Waals surface area contributed by atoms with Crippen LogP contribution < -0.4 is 27.1 Å². The number of nitrogens with zero attached hydrogens (tertiary/aromatic N) is 5. The van der Waals surface area contributed by atoms with Crippen molar-refractivity contribution in [3.63, 3.8) is 0 Å². The molecule has 1 atom stereocenters. The average Bonchev–Trinajstić information content (AvgIpc) is 3.27. The number of aromatic nitrogens is 5. The lowest BCUT2D eigenvalue weighted by molar-refractivity contribution is 0.286. The van der Waals surface area contributed by atoms with Crippen LogP contribution in [0, 0.1) is 6.92 Å². The Morgan fingerprint density at radius 2 is 2.00 bits per heavy atom. The molecule has 3 aromatic heterocycles. The maximum Gasteiger partial charge on any atom is 0.261 e. The van der Waals surface area contributed by atoms with Crippen molar-refractivity contribution in [2.24, 2.45) is 5.73 Å². The molecule has 0 bridgehead atoms. The molecule has 0 saturated heterocycles. The highest BCUT2D eigenvalue weighted by Gasteiger charge is 2.25. The SMILES string of the molecule is C.CNc1nc(C)c2cc(-c3cnc(N)c(OC[C@H](C)N)n3)c(=O)n(C3CCCC3)c2n1. The predicted octanol–water partition coefficient (Wildman–Crippen LogP) is 2.66. The molecule has 10 nitrogen and oxygen atoms in total. The number of nitrogens with two attached hydrogens (primary N) is 2. The van der Waals surface area contributed by atoms with Crippen LogP contribution in [0.3, 0.4) is 0 Å². The first kappa shape index (κ1) is 23.4. The Bertz CT molecular complexity index is 1170. The molecule has 1 saturated carbocycles. The Kier molecular flexibility index (Phi) is 6.93. The number of rotatable bonds is 6. The Balaban J connectivity index is 0.00000289. The Morgan fingerprint density at radius 3 is 2.66 bits per heavy atom. The second kappa shape index (κ2) is 9.47. The van der Waals surface area contributed by atoms with Gasteiger partial charge in [-0.2, -0.15) is 4.98 Å². The van der Waals surface area contributed by atoms with Crippen molar-refractivity contribution in [2.45, 2.75) is 59.0 Å². The molecule has 1 fully saturated rings. The number of fused-ring (bicyclic) bond motifs is 1. The van der Waals surface area contributed by atoms with Gasteiger partial charge in [-0.15, -0.1) is 0 Å². The first-order valence-corrected chi connectivity index (χ1v) is 10.5. The topological polar surface area (TPSA) is 147 Å². The minimum atomic E-state index is -0.189. The zero-order valence-corrected chi connectivity index (χ0v) is 18.1. The average molecular weight is 441 g/mol. The number of anilines is 2. The molecule has 0 spiro atoms. The lowest BCUT2D eigenvalue weighted by Gasteiger charge is -2.19. The molecule has 0 aliphatic heterocycles. The third-order valence-corrected chi connectivity index (χ3v) is 5.52. The third kappa shape index (κ3) is 4.36. The first-order valence-electron chi connectivity index (χ1n) is 10.5. The summed E-state index contributed by atoms with van der Waals surface area (Å²) in [6.07, 6.45) is 5.54. The van der Waals surface area contributed by atoms with Crippen LogP contribution in [0.15, 0.2) is 17.1 Å². The number of nitrogen functional groups attached to an aromatic ring is 1. The molecule has 3 heterocycles. The Hall–Kier alpha value is -3.27. The van der Waals surface area contributed by atoms with Gasteiger partial charge in [-0.25, -0.2) is 15.0 Å². The van der Waals surface area contributed by atoms with Gasteiger partial charge in [-0.1, -0.05) is 20.3 Å². The van der Waals surface area contributed by atoms with Crippen molar-refractivity contribution >= 4 is 22.8 Å². The van der Waals surface area contributed by atoms with Gasteiger partial charge >= 0.3 is 0 Å². The van der Waals surface area contributed by atoms with Crippen LogP contribution in [0.5, 0.6) is 5.88 Å². The number of hydrogen-bond donors (Lipinski definition) is 3. The molecule has 5 N–H and O–H groups in total. The van der Waals surface area contributed by atoms with Crippen LogP contribution in [0.1, 0.15) is 51.8 Å². The zero-order valence-electron chi connectivity index (χ0n) is 18.1. The van der Waals surface area contributed by atoms with Crippen molar-refractivity contribution < 1.29 is 4.74 Å². The molecule has 32 heavy (non-hydrogen) atoms. The van der Waals surface area contributed by atoms with E-state index >= 15 is 0 Å². The van der Waals surface area contributed by atoms with Crippen LogP contribution in [-0.2, 0) is 0 Å². The highest BCUT2D eigenvalue weighted by atomic mass is 16.5. The van der Waals surface area contributed by atoms with Gasteiger partial charge in [0.2, 0.25) is 5.95 Å².